The van der Waals surface area contributed by atoms with E-state index in [1.165, 1.54) is 12.1 Å². The number of halogens is 1. The van der Waals surface area contributed by atoms with Crippen LogP contribution in [0.2, 0.25) is 0 Å². The van der Waals surface area contributed by atoms with Gasteiger partial charge in [-0.15, -0.1) is 0 Å². The third-order valence-corrected chi connectivity index (χ3v) is 8.07. The van der Waals surface area contributed by atoms with Crippen LogP contribution in [0.1, 0.15) is 29.5 Å². The van der Waals surface area contributed by atoms with Gasteiger partial charge in [-0.05, 0) is 47.4 Å². The molecule has 0 atom stereocenters. The summed E-state index contributed by atoms with van der Waals surface area (Å²) in [6, 6.07) is 33.6. The van der Waals surface area contributed by atoms with Gasteiger partial charge in [-0.2, -0.15) is 0 Å². The summed E-state index contributed by atoms with van der Waals surface area (Å²) in [5, 5.41) is 0. The molecule has 7 nitrogen and oxygen atoms in total. The van der Waals surface area contributed by atoms with Crippen molar-refractivity contribution in [2.75, 3.05) is 50.9 Å². The molecule has 46 heavy (non-hydrogen) atoms. The average molecular weight is 624 g/mol. The van der Waals surface area contributed by atoms with E-state index in [2.05, 4.69) is 17.0 Å². The van der Waals surface area contributed by atoms with Crippen LogP contribution in [-0.2, 0) is 33.8 Å². The fourth-order valence-electron chi connectivity index (χ4n) is 5.51. The van der Waals surface area contributed by atoms with Gasteiger partial charge < -0.3 is 19.3 Å². The van der Waals surface area contributed by atoms with Crippen LogP contribution >= 0.6 is 0 Å². The molecule has 0 aromatic heterocycles. The van der Waals surface area contributed by atoms with Gasteiger partial charge in [0.15, 0.2) is 0 Å². The number of benzene rings is 4. The number of anilines is 1. The Balaban J connectivity index is 1.27. The first kappa shape index (κ1) is 32.9. The number of carbonyl (C=O) groups excluding carboxylic acids is 2. The molecule has 1 fully saturated rings. The van der Waals surface area contributed by atoms with Crippen molar-refractivity contribution in [3.05, 3.63) is 132 Å². The molecule has 4 aromatic carbocycles. The maximum atomic E-state index is 14.1. The van der Waals surface area contributed by atoms with Crippen LogP contribution in [0.5, 0.6) is 5.75 Å². The van der Waals surface area contributed by atoms with Crippen LogP contribution in [0.3, 0.4) is 0 Å². The Bertz CT molecular complexity index is 1530. The molecule has 5 rings (SSSR count). The number of rotatable bonds is 15. The Labute approximate surface area is 271 Å². The van der Waals surface area contributed by atoms with Crippen molar-refractivity contribution in [2.24, 2.45) is 0 Å². The van der Waals surface area contributed by atoms with Crippen LogP contribution in [-0.4, -0.2) is 67.6 Å². The monoisotopic (exact) mass is 623 g/mol. The zero-order valence-corrected chi connectivity index (χ0v) is 26.2. The average Bonchev–Trinajstić information content (AvgIpc) is 3.09. The Morgan fingerprint density at radius 1 is 0.739 bits per heavy atom. The molecule has 8 heteroatoms. The van der Waals surface area contributed by atoms with Gasteiger partial charge in [0.25, 0.3) is 0 Å². The predicted molar refractivity (Wildman–Crippen MR) is 178 cm³/mol. The summed E-state index contributed by atoms with van der Waals surface area (Å²) < 4.78 is 25.6. The summed E-state index contributed by atoms with van der Waals surface area (Å²) >= 11 is 0. The molecule has 0 spiro atoms. The number of morpholine rings is 1. The minimum Gasteiger partial charge on any atom is -0.492 e. The zero-order chi connectivity index (χ0) is 32.0. The number of nitrogens with zero attached hydrogens (tertiary/aromatic N) is 3. The molecular weight excluding hydrogens is 581 g/mol. The zero-order valence-electron chi connectivity index (χ0n) is 26.2. The van der Waals surface area contributed by atoms with E-state index >= 15 is 0 Å². The summed E-state index contributed by atoms with van der Waals surface area (Å²) in [6.45, 7) is 5.70. The van der Waals surface area contributed by atoms with Crippen molar-refractivity contribution in [1.29, 1.82) is 0 Å². The van der Waals surface area contributed by atoms with Crippen molar-refractivity contribution in [1.82, 2.24) is 9.80 Å². The molecule has 0 saturated carbocycles. The van der Waals surface area contributed by atoms with Crippen molar-refractivity contribution >= 4 is 17.5 Å². The highest BCUT2D eigenvalue weighted by Gasteiger charge is 2.21. The number of hydrogen-bond donors (Lipinski definition) is 0. The Hall–Kier alpha value is -4.53. The summed E-state index contributed by atoms with van der Waals surface area (Å²) in [4.78, 5) is 33.2. The molecule has 1 aliphatic heterocycles. The summed E-state index contributed by atoms with van der Waals surface area (Å²) in [5.41, 5.74) is 3.48. The predicted octanol–water partition coefficient (Wildman–Crippen LogP) is 6.12. The van der Waals surface area contributed by atoms with E-state index in [9.17, 15) is 14.0 Å². The number of ether oxygens (including phenoxy) is 2. The Morgan fingerprint density at radius 3 is 2.15 bits per heavy atom. The van der Waals surface area contributed by atoms with Gasteiger partial charge in [-0.25, -0.2) is 4.39 Å². The maximum absolute atomic E-state index is 14.1. The molecule has 0 bridgehead atoms. The van der Waals surface area contributed by atoms with Crippen molar-refractivity contribution in [3.63, 3.8) is 0 Å². The molecule has 4 aromatic rings. The van der Waals surface area contributed by atoms with E-state index < -0.39 is 0 Å². The van der Waals surface area contributed by atoms with Gasteiger partial charge in [0.1, 0.15) is 18.2 Å². The highest BCUT2D eigenvalue weighted by molar-refractivity contribution is 5.95. The molecule has 0 unspecified atom stereocenters. The van der Waals surface area contributed by atoms with E-state index in [1.54, 1.807) is 17.0 Å². The van der Waals surface area contributed by atoms with Crippen LogP contribution in [0.25, 0.3) is 0 Å². The third kappa shape index (κ3) is 10.3. The van der Waals surface area contributed by atoms with E-state index in [1.807, 2.05) is 77.7 Å². The molecule has 2 amide bonds. The second-order valence-electron chi connectivity index (χ2n) is 11.4. The lowest BCUT2D eigenvalue weighted by molar-refractivity contribution is -0.133. The van der Waals surface area contributed by atoms with Crippen molar-refractivity contribution in [2.45, 2.75) is 32.4 Å². The molecular formula is C38H42FN3O4. The van der Waals surface area contributed by atoms with E-state index in [-0.39, 0.29) is 37.0 Å². The SMILES string of the molecule is O=C(CCC(=O)N(Cc1cccc(F)c1)c1cccc(OCCN2CCOCC2)c1)N(CCc1ccccc1)Cc1ccccc1. The van der Waals surface area contributed by atoms with Crippen LogP contribution in [0.15, 0.2) is 109 Å². The first-order valence-electron chi connectivity index (χ1n) is 16.0. The number of amides is 2. The van der Waals surface area contributed by atoms with Crippen LogP contribution in [0, 0.1) is 5.82 Å². The quantitative estimate of drug-likeness (QED) is 0.160. The first-order chi connectivity index (χ1) is 22.5. The summed E-state index contributed by atoms with van der Waals surface area (Å²) in [6.07, 6.45) is 0.806. The van der Waals surface area contributed by atoms with Crippen molar-refractivity contribution in [3.8, 4) is 5.75 Å². The van der Waals surface area contributed by atoms with Gasteiger partial charge in [-0.1, -0.05) is 78.9 Å². The highest BCUT2D eigenvalue weighted by atomic mass is 19.1. The molecule has 0 aliphatic carbocycles. The minimum absolute atomic E-state index is 0.0207. The standard InChI is InChI=1S/C38H42FN3O4/c39-34-14-7-13-33(27-34)30-42(35-15-8-16-36(28-35)46-26-23-40-21-24-45-25-22-40)38(44)18-17-37(43)41(29-32-11-5-2-6-12-32)20-19-31-9-3-1-4-10-31/h1-16,27-28H,17-26,29-30H2. The van der Waals surface area contributed by atoms with Gasteiger partial charge >= 0.3 is 0 Å². The fraction of sp³-hybridized carbons (Fsp3) is 0.316. The maximum Gasteiger partial charge on any atom is 0.227 e. The second kappa shape index (κ2) is 17.2. The second-order valence-corrected chi connectivity index (χ2v) is 11.4. The van der Waals surface area contributed by atoms with Gasteiger partial charge in [0.05, 0.1) is 19.8 Å². The molecule has 1 heterocycles. The molecule has 0 N–H and O–H groups in total. The Morgan fingerprint density at radius 2 is 1.41 bits per heavy atom. The molecule has 1 aliphatic rings. The number of carbonyl (C=O) groups is 2. The molecule has 240 valence electrons. The fourth-order valence-corrected chi connectivity index (χ4v) is 5.51. The lowest BCUT2D eigenvalue weighted by Crippen LogP contribution is -2.38. The van der Waals surface area contributed by atoms with Crippen molar-refractivity contribution < 1.29 is 23.5 Å². The smallest absolute Gasteiger partial charge is 0.227 e. The topological polar surface area (TPSA) is 62.3 Å². The van der Waals surface area contributed by atoms with Crippen LogP contribution < -0.4 is 9.64 Å². The van der Waals surface area contributed by atoms with Gasteiger partial charge in [0, 0.05) is 57.3 Å². The number of hydrogen-bond acceptors (Lipinski definition) is 5. The first-order valence-corrected chi connectivity index (χ1v) is 16.0. The summed E-state index contributed by atoms with van der Waals surface area (Å²) in [7, 11) is 0. The molecule has 0 radical (unpaired) electrons. The van der Waals surface area contributed by atoms with E-state index in [4.69, 9.17) is 9.47 Å². The minimum atomic E-state index is -0.366. The largest absolute Gasteiger partial charge is 0.492 e. The van der Waals surface area contributed by atoms with E-state index in [0.29, 0.717) is 36.7 Å². The lowest BCUT2D eigenvalue weighted by atomic mass is 10.1. The summed E-state index contributed by atoms with van der Waals surface area (Å²) in [5.74, 6) is -0.0195. The van der Waals surface area contributed by atoms with E-state index in [0.717, 1.165) is 50.4 Å². The lowest BCUT2D eigenvalue weighted by Gasteiger charge is -2.27. The highest BCUT2D eigenvalue weighted by Crippen LogP contribution is 2.25. The van der Waals surface area contributed by atoms with Crippen LogP contribution in [0.4, 0.5) is 10.1 Å². The normalized spacial score (nSPS) is 13.2. The third-order valence-electron chi connectivity index (χ3n) is 8.07. The van der Waals surface area contributed by atoms with Gasteiger partial charge in [-0.3, -0.25) is 14.5 Å². The van der Waals surface area contributed by atoms with Gasteiger partial charge in [0.2, 0.25) is 11.8 Å². The Kier molecular flexibility index (Phi) is 12.3. The molecule has 1 saturated heterocycles.